The molecule has 0 saturated heterocycles. The van der Waals surface area contributed by atoms with Gasteiger partial charge in [-0.25, -0.2) is 4.98 Å². The molecule has 0 fully saturated rings. The Bertz CT molecular complexity index is 1360. The lowest BCUT2D eigenvalue weighted by Crippen LogP contribution is -2.34. The monoisotopic (exact) mass is 530 g/mol. The predicted octanol–water partition coefficient (Wildman–Crippen LogP) is 7.95. The Balaban J connectivity index is 1.68. The van der Waals surface area contributed by atoms with E-state index in [2.05, 4.69) is 84.1 Å². The first kappa shape index (κ1) is 24.9. The van der Waals surface area contributed by atoms with E-state index in [1.807, 2.05) is 36.1 Å². The van der Waals surface area contributed by atoms with E-state index in [0.717, 1.165) is 43.2 Å². The Morgan fingerprint density at radius 1 is 0.971 bits per heavy atom. The van der Waals surface area contributed by atoms with Crippen LogP contribution >= 0.6 is 15.9 Å². The second-order valence-corrected chi connectivity index (χ2v) is 11.0. The third kappa shape index (κ3) is 5.91. The van der Waals surface area contributed by atoms with Gasteiger partial charge in [-0.3, -0.25) is 9.69 Å². The lowest BCUT2D eigenvalue weighted by atomic mass is 9.91. The van der Waals surface area contributed by atoms with E-state index in [4.69, 9.17) is 4.74 Å². The maximum Gasteiger partial charge on any atom is 0.229 e. The lowest BCUT2D eigenvalue weighted by molar-refractivity contribution is -0.120. The van der Waals surface area contributed by atoms with E-state index in [-0.39, 0.29) is 11.3 Å². The molecule has 1 aromatic heterocycles. The largest absolute Gasteiger partial charge is 0.496 e. The Kier molecular flexibility index (Phi) is 7.27. The quantitative estimate of drug-likeness (QED) is 0.254. The van der Waals surface area contributed by atoms with Crippen molar-refractivity contribution in [1.82, 2.24) is 4.98 Å². The topological polar surface area (TPSA) is 42.4 Å². The average Bonchev–Trinajstić information content (AvgIpc) is 2.81. The number of anilines is 1. The summed E-state index contributed by atoms with van der Waals surface area (Å²) in [5, 5.41) is 2.01. The average molecular weight is 531 g/mol. The standard InChI is InChI=1S/C30H31BrN2O2/c1-20-16-23(10-13-27(20)35-5)22-8-6-21(7-9-22)19-33(28(34)18-30(2,3)4)29-26-12-11-25(31)17-24(26)14-15-32-29/h6-17H,18-19H2,1-5H3. The zero-order valence-electron chi connectivity index (χ0n) is 20.9. The van der Waals surface area contributed by atoms with Gasteiger partial charge in [0.05, 0.1) is 13.7 Å². The highest BCUT2D eigenvalue weighted by Crippen LogP contribution is 2.31. The minimum atomic E-state index is -0.126. The number of carbonyl (C=O) groups is 1. The summed E-state index contributed by atoms with van der Waals surface area (Å²) in [7, 11) is 1.69. The van der Waals surface area contributed by atoms with E-state index >= 15 is 0 Å². The number of hydrogen-bond acceptors (Lipinski definition) is 3. The maximum absolute atomic E-state index is 13.5. The van der Waals surface area contributed by atoms with Crippen molar-refractivity contribution in [3.63, 3.8) is 0 Å². The van der Waals surface area contributed by atoms with Crippen LogP contribution < -0.4 is 9.64 Å². The Morgan fingerprint density at radius 2 is 1.69 bits per heavy atom. The summed E-state index contributed by atoms with van der Waals surface area (Å²) in [4.78, 5) is 20.0. The number of hydrogen-bond donors (Lipinski definition) is 0. The zero-order valence-corrected chi connectivity index (χ0v) is 22.5. The van der Waals surface area contributed by atoms with Crippen molar-refractivity contribution < 1.29 is 9.53 Å². The summed E-state index contributed by atoms with van der Waals surface area (Å²) >= 11 is 3.55. The van der Waals surface area contributed by atoms with Gasteiger partial charge in [0.2, 0.25) is 5.91 Å². The number of aromatic nitrogens is 1. The molecule has 0 bridgehead atoms. The molecule has 0 radical (unpaired) electrons. The van der Waals surface area contributed by atoms with E-state index in [9.17, 15) is 4.79 Å². The number of methoxy groups -OCH3 is 1. The molecule has 4 rings (SSSR count). The van der Waals surface area contributed by atoms with Crippen molar-refractivity contribution in [2.45, 2.75) is 40.7 Å². The molecule has 0 unspecified atom stereocenters. The summed E-state index contributed by atoms with van der Waals surface area (Å²) in [6.45, 7) is 8.76. The lowest BCUT2D eigenvalue weighted by Gasteiger charge is -2.27. The molecule has 0 atom stereocenters. The number of pyridine rings is 1. The second-order valence-electron chi connectivity index (χ2n) is 10.1. The molecule has 1 amide bonds. The van der Waals surface area contributed by atoms with Gasteiger partial charge >= 0.3 is 0 Å². The molecule has 1 heterocycles. The first-order chi connectivity index (χ1) is 16.6. The van der Waals surface area contributed by atoms with Crippen molar-refractivity contribution in [1.29, 1.82) is 0 Å². The van der Waals surface area contributed by atoms with Gasteiger partial charge in [-0.2, -0.15) is 0 Å². The van der Waals surface area contributed by atoms with Crippen LogP contribution in [0.1, 0.15) is 38.3 Å². The van der Waals surface area contributed by atoms with Crippen LogP contribution in [0.5, 0.6) is 5.75 Å². The number of halogens is 1. The molecule has 3 aromatic carbocycles. The molecule has 4 aromatic rings. The summed E-state index contributed by atoms with van der Waals surface area (Å²) in [6.07, 6.45) is 2.21. The molecular weight excluding hydrogens is 500 g/mol. The van der Waals surface area contributed by atoms with Gasteiger partial charge in [0.25, 0.3) is 0 Å². The van der Waals surface area contributed by atoms with Crippen molar-refractivity contribution >= 4 is 38.4 Å². The fraction of sp³-hybridized carbons (Fsp3) is 0.267. The number of nitrogens with zero attached hydrogens (tertiary/aromatic N) is 2. The highest BCUT2D eigenvalue weighted by atomic mass is 79.9. The molecule has 35 heavy (non-hydrogen) atoms. The first-order valence-corrected chi connectivity index (χ1v) is 12.5. The number of rotatable bonds is 6. The van der Waals surface area contributed by atoms with E-state index in [1.54, 1.807) is 13.3 Å². The molecule has 0 spiro atoms. The summed E-state index contributed by atoms with van der Waals surface area (Å²) in [5.74, 6) is 1.64. The SMILES string of the molecule is COc1ccc(-c2ccc(CN(C(=O)CC(C)(C)C)c3nccc4cc(Br)ccc34)cc2)cc1C. The van der Waals surface area contributed by atoms with Gasteiger partial charge in [-0.1, -0.05) is 67.0 Å². The van der Waals surface area contributed by atoms with Gasteiger partial charge < -0.3 is 4.74 Å². The van der Waals surface area contributed by atoms with E-state index in [1.165, 1.54) is 0 Å². The molecule has 0 aliphatic carbocycles. The summed E-state index contributed by atoms with van der Waals surface area (Å²) < 4.78 is 6.39. The van der Waals surface area contributed by atoms with Crippen LogP contribution in [-0.2, 0) is 11.3 Å². The third-order valence-corrected chi connectivity index (χ3v) is 6.46. The number of aryl methyl sites for hydroxylation is 1. The molecule has 0 saturated carbocycles. The van der Waals surface area contributed by atoms with Crippen LogP contribution in [0.2, 0.25) is 0 Å². The minimum absolute atomic E-state index is 0.0651. The van der Waals surface area contributed by atoms with Crippen LogP contribution in [0.15, 0.2) is 77.4 Å². The normalized spacial score (nSPS) is 11.5. The smallest absolute Gasteiger partial charge is 0.229 e. The molecule has 0 aliphatic rings. The molecule has 0 aliphatic heterocycles. The van der Waals surface area contributed by atoms with E-state index in [0.29, 0.717) is 18.8 Å². The van der Waals surface area contributed by atoms with Gasteiger partial charge in [0, 0.05) is 22.5 Å². The summed E-state index contributed by atoms with van der Waals surface area (Å²) in [5.41, 5.74) is 4.29. The highest BCUT2D eigenvalue weighted by molar-refractivity contribution is 9.10. The van der Waals surface area contributed by atoms with Gasteiger partial charge in [0.15, 0.2) is 0 Å². The number of benzene rings is 3. The van der Waals surface area contributed by atoms with Crippen molar-refractivity contribution in [2.24, 2.45) is 5.41 Å². The number of fused-ring (bicyclic) bond motifs is 1. The maximum atomic E-state index is 13.5. The number of carbonyl (C=O) groups excluding carboxylic acids is 1. The number of ether oxygens (including phenoxy) is 1. The predicted molar refractivity (Wildman–Crippen MR) is 148 cm³/mol. The van der Waals surface area contributed by atoms with Crippen molar-refractivity contribution in [3.8, 4) is 16.9 Å². The fourth-order valence-electron chi connectivity index (χ4n) is 4.22. The molecule has 180 valence electrons. The Labute approximate surface area is 216 Å². The molecular formula is C30H31BrN2O2. The first-order valence-electron chi connectivity index (χ1n) is 11.7. The minimum Gasteiger partial charge on any atom is -0.496 e. The molecule has 5 heteroatoms. The molecule has 0 N–H and O–H groups in total. The Hall–Kier alpha value is -3.18. The second kappa shape index (κ2) is 10.2. The fourth-order valence-corrected chi connectivity index (χ4v) is 4.60. The number of amides is 1. The Morgan fingerprint density at radius 3 is 2.34 bits per heavy atom. The van der Waals surface area contributed by atoms with Crippen LogP contribution in [-0.4, -0.2) is 18.0 Å². The third-order valence-electron chi connectivity index (χ3n) is 5.97. The van der Waals surface area contributed by atoms with E-state index < -0.39 is 0 Å². The highest BCUT2D eigenvalue weighted by Gasteiger charge is 2.25. The van der Waals surface area contributed by atoms with Gasteiger partial charge in [-0.15, -0.1) is 0 Å². The van der Waals surface area contributed by atoms with Crippen molar-refractivity contribution in [3.05, 3.63) is 88.5 Å². The van der Waals surface area contributed by atoms with Crippen LogP contribution in [0.25, 0.3) is 21.9 Å². The molecule has 4 nitrogen and oxygen atoms in total. The van der Waals surface area contributed by atoms with Gasteiger partial charge in [-0.05, 0) is 76.4 Å². The van der Waals surface area contributed by atoms with Crippen LogP contribution in [0.3, 0.4) is 0 Å². The van der Waals surface area contributed by atoms with Gasteiger partial charge in [0.1, 0.15) is 11.6 Å². The van der Waals surface area contributed by atoms with Crippen molar-refractivity contribution in [2.75, 3.05) is 12.0 Å². The van der Waals surface area contributed by atoms with Crippen LogP contribution in [0, 0.1) is 12.3 Å². The summed E-state index contributed by atoms with van der Waals surface area (Å²) in [6, 6.07) is 22.6. The zero-order chi connectivity index (χ0) is 25.2. The van der Waals surface area contributed by atoms with Crippen LogP contribution in [0.4, 0.5) is 5.82 Å².